The number of amides is 2. The van der Waals surface area contributed by atoms with E-state index in [0.717, 1.165) is 19.3 Å². The summed E-state index contributed by atoms with van der Waals surface area (Å²) >= 11 is 0. The first-order valence-electron chi connectivity index (χ1n) is 11.7. The van der Waals surface area contributed by atoms with Gasteiger partial charge in [-0.15, -0.1) is 0 Å². The molecule has 1 atom stereocenters. The van der Waals surface area contributed by atoms with Crippen molar-refractivity contribution >= 4 is 45.5 Å². The van der Waals surface area contributed by atoms with Gasteiger partial charge in [-0.1, -0.05) is 28.0 Å². The summed E-state index contributed by atoms with van der Waals surface area (Å²) in [7, 11) is 3.85. The summed E-state index contributed by atoms with van der Waals surface area (Å²) in [5.41, 5.74) is 1.82. The predicted molar refractivity (Wildman–Crippen MR) is 131 cm³/mol. The van der Waals surface area contributed by atoms with E-state index in [0.29, 0.717) is 31.4 Å². The van der Waals surface area contributed by atoms with Crippen LogP contribution in [0.5, 0.6) is 0 Å². The molecule has 0 spiro atoms. The fourth-order valence-electron chi connectivity index (χ4n) is 2.78. The minimum Gasteiger partial charge on any atom is -0.462 e. The van der Waals surface area contributed by atoms with E-state index in [1.165, 1.54) is 12.2 Å². The van der Waals surface area contributed by atoms with Gasteiger partial charge in [-0.2, -0.15) is 0 Å². The highest BCUT2D eigenvalue weighted by molar-refractivity contribution is 8.77. The normalized spacial score (nSPS) is 14.8. The van der Waals surface area contributed by atoms with Crippen LogP contribution in [-0.4, -0.2) is 87.7 Å². The van der Waals surface area contributed by atoms with Crippen molar-refractivity contribution in [3.8, 4) is 0 Å². The van der Waals surface area contributed by atoms with Gasteiger partial charge < -0.3 is 29.0 Å². The quantitative estimate of drug-likeness (QED) is 0.0387. The zero-order chi connectivity index (χ0) is 25.6. The Kier molecular flexibility index (Phi) is 19.3. The maximum atomic E-state index is 11.7. The number of rotatable bonds is 20. The van der Waals surface area contributed by atoms with Gasteiger partial charge in [0.1, 0.15) is 19.8 Å². The topological polar surface area (TPSA) is 165 Å². The second kappa shape index (κ2) is 21.5. The van der Waals surface area contributed by atoms with Crippen LogP contribution < -0.4 is 16.6 Å². The van der Waals surface area contributed by atoms with Crippen molar-refractivity contribution in [1.29, 1.82) is 0 Å². The molecule has 4 N–H and O–H groups in total. The maximum absolute atomic E-state index is 11.7. The number of unbranched alkanes of at least 4 members (excludes halogenated alkanes) is 1. The average molecular weight is 540 g/mol. The number of hydrogen-bond donors (Lipinski definition) is 3. The molecule has 0 aliphatic carbocycles. The molecule has 1 saturated heterocycles. The molecule has 1 aliphatic heterocycles. The summed E-state index contributed by atoms with van der Waals surface area (Å²) in [6.45, 7) is 1.48. The number of nitrogens with two attached hydrogens (primary N) is 1. The lowest BCUT2D eigenvalue weighted by atomic mass is 10.1. The molecular weight excluding hydrogens is 502 g/mol. The molecule has 0 aromatic rings. The molecule has 2 amide bonds. The highest BCUT2D eigenvalue weighted by atomic mass is 33.1. The third-order valence-corrected chi connectivity index (χ3v) is 7.58. The summed E-state index contributed by atoms with van der Waals surface area (Å²) < 4.78 is 25.1. The van der Waals surface area contributed by atoms with Crippen molar-refractivity contribution < 1.29 is 42.9 Å². The zero-order valence-electron chi connectivity index (χ0n) is 20.0. The van der Waals surface area contributed by atoms with Crippen LogP contribution >= 0.6 is 21.6 Å². The minimum absolute atomic E-state index is 0.00407. The lowest BCUT2D eigenvalue weighted by Crippen LogP contribution is -2.31. The van der Waals surface area contributed by atoms with Gasteiger partial charge in [0.2, 0.25) is 5.91 Å². The van der Waals surface area contributed by atoms with Crippen LogP contribution in [0.2, 0.25) is 0 Å². The Hall–Kier alpha value is -1.74. The Labute approximate surface area is 213 Å². The molecular formula is C21H37N3O9S2. The summed E-state index contributed by atoms with van der Waals surface area (Å²) in [5.74, 6) is 4.96. The van der Waals surface area contributed by atoms with E-state index in [4.69, 9.17) is 24.8 Å². The molecule has 0 saturated carbocycles. The maximum Gasteiger partial charge on any atom is 0.421 e. The molecule has 1 heterocycles. The molecule has 1 aliphatic rings. The monoisotopic (exact) mass is 539 g/mol. The summed E-state index contributed by atoms with van der Waals surface area (Å²) in [6, 6.07) is 0. The van der Waals surface area contributed by atoms with E-state index in [2.05, 4.69) is 10.1 Å². The summed E-state index contributed by atoms with van der Waals surface area (Å²) in [4.78, 5) is 45.8. The van der Waals surface area contributed by atoms with Crippen molar-refractivity contribution in [2.24, 2.45) is 5.84 Å². The molecule has 0 aromatic carbocycles. The smallest absolute Gasteiger partial charge is 0.421 e. The number of carbonyl (C=O) groups is 4. The first-order chi connectivity index (χ1) is 17.0. The van der Waals surface area contributed by atoms with E-state index >= 15 is 0 Å². The van der Waals surface area contributed by atoms with Crippen LogP contribution in [0, 0.1) is 0 Å². The van der Waals surface area contributed by atoms with Gasteiger partial charge in [0, 0.05) is 30.4 Å². The second-order valence-electron chi connectivity index (χ2n) is 7.37. The highest BCUT2D eigenvalue weighted by Crippen LogP contribution is 2.39. The summed E-state index contributed by atoms with van der Waals surface area (Å²) in [5, 5.41) is 3.34. The molecule has 14 heteroatoms. The van der Waals surface area contributed by atoms with Gasteiger partial charge in [-0.25, -0.2) is 10.6 Å². The SMILES string of the molecule is NNC(=O)OCCOCCOCCNC(=O)CCC(=O)OCCOC(=O)CCCCC1CCSS1. The third kappa shape index (κ3) is 19.2. The standard InChI is InChI=1S/C21H37N3O9S2/c22-24-21(28)33-13-12-30-11-10-29-9-8-23-18(25)5-6-20(27)32-15-14-31-19(26)4-2-1-3-17-7-16-34-35-17/h17H,1-16,22H2,(H,23,25)(H,24,28). The van der Waals surface area contributed by atoms with E-state index in [-0.39, 0.29) is 57.8 Å². The predicted octanol–water partition coefficient (Wildman–Crippen LogP) is 1.32. The number of esters is 2. The van der Waals surface area contributed by atoms with E-state index < -0.39 is 12.1 Å². The van der Waals surface area contributed by atoms with Crippen molar-refractivity contribution in [1.82, 2.24) is 10.7 Å². The molecule has 1 rings (SSSR count). The Morgan fingerprint density at radius 2 is 1.46 bits per heavy atom. The second-order valence-corrected chi connectivity index (χ2v) is 10.2. The van der Waals surface area contributed by atoms with E-state index in [1.807, 2.05) is 27.0 Å². The first-order valence-corrected chi connectivity index (χ1v) is 14.0. The molecule has 0 aromatic heterocycles. The highest BCUT2D eigenvalue weighted by Gasteiger charge is 2.16. The molecule has 12 nitrogen and oxygen atoms in total. The minimum atomic E-state index is -0.733. The number of hydrazine groups is 1. The average Bonchev–Trinajstić information content (AvgIpc) is 3.37. The van der Waals surface area contributed by atoms with Crippen molar-refractivity contribution in [3.05, 3.63) is 0 Å². The number of nitrogens with one attached hydrogen (secondary N) is 2. The largest absolute Gasteiger partial charge is 0.462 e. The van der Waals surface area contributed by atoms with Gasteiger partial charge in [-0.05, 0) is 19.3 Å². The Balaban J connectivity index is 1.84. The Morgan fingerprint density at radius 3 is 2.14 bits per heavy atom. The van der Waals surface area contributed by atoms with Crippen LogP contribution in [-0.2, 0) is 38.1 Å². The van der Waals surface area contributed by atoms with Crippen LogP contribution in [0.1, 0.15) is 44.9 Å². The van der Waals surface area contributed by atoms with Crippen LogP contribution in [0.25, 0.3) is 0 Å². The van der Waals surface area contributed by atoms with Crippen molar-refractivity contribution in [2.45, 2.75) is 50.2 Å². The van der Waals surface area contributed by atoms with Gasteiger partial charge in [0.05, 0.1) is 32.8 Å². The van der Waals surface area contributed by atoms with E-state index in [1.54, 1.807) is 0 Å². The third-order valence-electron chi connectivity index (χ3n) is 4.57. The molecule has 202 valence electrons. The number of carbonyl (C=O) groups excluding carboxylic acids is 4. The fraction of sp³-hybridized carbons (Fsp3) is 0.810. The van der Waals surface area contributed by atoms with Crippen LogP contribution in [0.15, 0.2) is 0 Å². The molecule has 1 fully saturated rings. The van der Waals surface area contributed by atoms with E-state index in [9.17, 15) is 19.2 Å². The van der Waals surface area contributed by atoms with Gasteiger partial charge in [0.25, 0.3) is 0 Å². The molecule has 0 bridgehead atoms. The number of hydrogen-bond acceptors (Lipinski definition) is 12. The van der Waals surface area contributed by atoms with Crippen LogP contribution in [0.4, 0.5) is 4.79 Å². The summed E-state index contributed by atoms with van der Waals surface area (Å²) in [6.07, 6.45) is 3.78. The Morgan fingerprint density at radius 1 is 0.800 bits per heavy atom. The molecule has 35 heavy (non-hydrogen) atoms. The fourth-order valence-corrected chi connectivity index (χ4v) is 5.81. The lowest BCUT2D eigenvalue weighted by Gasteiger charge is -2.09. The zero-order valence-corrected chi connectivity index (χ0v) is 21.6. The van der Waals surface area contributed by atoms with Crippen molar-refractivity contribution in [3.63, 3.8) is 0 Å². The molecule has 1 unspecified atom stereocenters. The van der Waals surface area contributed by atoms with Gasteiger partial charge >= 0.3 is 18.0 Å². The van der Waals surface area contributed by atoms with Crippen LogP contribution in [0.3, 0.4) is 0 Å². The van der Waals surface area contributed by atoms with Gasteiger partial charge in [0.15, 0.2) is 0 Å². The molecule has 0 radical (unpaired) electrons. The van der Waals surface area contributed by atoms with Crippen molar-refractivity contribution in [2.75, 3.05) is 58.5 Å². The first kappa shape index (κ1) is 31.3. The lowest BCUT2D eigenvalue weighted by molar-refractivity contribution is -0.152. The van der Waals surface area contributed by atoms with Gasteiger partial charge in [-0.3, -0.25) is 19.8 Å². The number of ether oxygens (including phenoxy) is 5. The Bertz CT molecular complexity index is 623.